The fraction of sp³-hybridized carbons (Fsp3) is 0.115. The van der Waals surface area contributed by atoms with Crippen LogP contribution in [0.4, 0.5) is 10.8 Å². The van der Waals surface area contributed by atoms with Crippen LogP contribution in [0, 0.1) is 18.3 Å². The highest BCUT2D eigenvalue weighted by atomic mass is 32.2. The molecule has 0 aliphatic heterocycles. The second kappa shape index (κ2) is 10.6. The van der Waals surface area contributed by atoms with E-state index in [4.69, 9.17) is 4.74 Å². The maximum Gasteiger partial charge on any atom is 0.284 e. The Morgan fingerprint density at radius 3 is 2.42 bits per heavy atom. The van der Waals surface area contributed by atoms with Crippen molar-refractivity contribution in [2.45, 2.75) is 13.5 Å². The second-order valence-corrected chi connectivity index (χ2v) is 10.8. The lowest BCUT2D eigenvalue weighted by molar-refractivity contribution is 0.0977. The van der Waals surface area contributed by atoms with Crippen LogP contribution in [0.25, 0.3) is 0 Å². The molecule has 0 radical (unpaired) electrons. The average molecular weight is 519 g/mol. The Kier molecular flexibility index (Phi) is 7.33. The molecular formula is C26H22N4O4S2. The van der Waals surface area contributed by atoms with Crippen LogP contribution in [0.3, 0.4) is 0 Å². The molecule has 182 valence electrons. The van der Waals surface area contributed by atoms with Crippen molar-refractivity contribution < 1.29 is 17.9 Å². The molecule has 0 saturated heterocycles. The minimum absolute atomic E-state index is 0.0419. The first-order valence-corrected chi connectivity index (χ1v) is 13.5. The summed E-state index contributed by atoms with van der Waals surface area (Å²) < 4.78 is 31.0. The molecule has 0 unspecified atom stereocenters. The van der Waals surface area contributed by atoms with Gasteiger partial charge in [0.25, 0.3) is 5.91 Å². The molecule has 1 N–H and O–H groups in total. The average Bonchev–Trinajstić information content (AvgIpc) is 3.24. The maximum atomic E-state index is 12.5. The predicted molar refractivity (Wildman–Crippen MR) is 139 cm³/mol. The number of ether oxygens (including phenoxy) is 1. The van der Waals surface area contributed by atoms with Crippen molar-refractivity contribution in [3.63, 3.8) is 0 Å². The van der Waals surface area contributed by atoms with Crippen LogP contribution in [0.5, 0.6) is 11.5 Å². The van der Waals surface area contributed by atoms with Crippen molar-refractivity contribution in [1.82, 2.24) is 9.71 Å². The molecule has 0 spiro atoms. The quantitative estimate of drug-likeness (QED) is 0.343. The molecule has 0 bridgehead atoms. The number of carbonyl (C=O) groups is 1. The highest BCUT2D eigenvalue weighted by molar-refractivity contribution is 7.89. The molecule has 36 heavy (non-hydrogen) atoms. The van der Waals surface area contributed by atoms with Crippen LogP contribution in [0.1, 0.15) is 26.5 Å². The molecule has 0 aliphatic rings. The van der Waals surface area contributed by atoms with Gasteiger partial charge in [-0.15, -0.1) is 11.3 Å². The monoisotopic (exact) mass is 518 g/mol. The molecule has 1 heterocycles. The maximum absolute atomic E-state index is 12.5. The van der Waals surface area contributed by atoms with E-state index in [1.165, 1.54) is 11.3 Å². The normalized spacial score (nSPS) is 10.9. The number of nitriles is 1. The van der Waals surface area contributed by atoms with Crippen molar-refractivity contribution in [3.8, 4) is 17.6 Å². The molecule has 1 aromatic heterocycles. The molecule has 0 fully saturated rings. The fourth-order valence-electron chi connectivity index (χ4n) is 3.43. The van der Waals surface area contributed by atoms with Crippen LogP contribution in [0.15, 0.2) is 78.9 Å². The Morgan fingerprint density at radius 1 is 1.06 bits per heavy atom. The molecule has 4 aromatic rings. The molecule has 0 atom stereocenters. The third-order valence-corrected chi connectivity index (χ3v) is 6.59. The van der Waals surface area contributed by atoms with Crippen LogP contribution in [-0.2, 0) is 16.6 Å². The van der Waals surface area contributed by atoms with Gasteiger partial charge in [0.1, 0.15) is 17.2 Å². The van der Waals surface area contributed by atoms with Gasteiger partial charge in [-0.1, -0.05) is 30.3 Å². The zero-order valence-electron chi connectivity index (χ0n) is 19.5. The number of aryl methyl sites for hydroxylation is 1. The minimum atomic E-state index is -3.73. The zero-order chi connectivity index (χ0) is 25.7. The second-order valence-electron chi connectivity index (χ2n) is 7.91. The summed E-state index contributed by atoms with van der Waals surface area (Å²) in [6, 6.07) is 26.2. The van der Waals surface area contributed by atoms with Gasteiger partial charge in [0, 0.05) is 10.6 Å². The summed E-state index contributed by atoms with van der Waals surface area (Å²) >= 11 is 1.27. The molecule has 0 aliphatic carbocycles. The number of anilines is 2. The number of para-hydroxylation sites is 1. The fourth-order valence-corrected chi connectivity index (χ4v) is 4.78. The highest BCUT2D eigenvalue weighted by Gasteiger charge is 2.22. The lowest BCUT2D eigenvalue weighted by Crippen LogP contribution is -2.30. The lowest BCUT2D eigenvalue weighted by Gasteiger charge is -2.22. The summed E-state index contributed by atoms with van der Waals surface area (Å²) in [6.45, 7) is 2.10. The van der Waals surface area contributed by atoms with Crippen molar-refractivity contribution >= 4 is 38.1 Å². The number of amides is 1. The van der Waals surface area contributed by atoms with Crippen molar-refractivity contribution in [1.29, 1.82) is 5.26 Å². The SMILES string of the molecule is Cc1sc(N(Cc2cccc(Oc3ccccc3)c2)c2ccc(C#N)cc2)nc1C(=O)NS(C)(=O)=O. The summed E-state index contributed by atoms with van der Waals surface area (Å²) in [6.07, 6.45) is 0.918. The number of hydrogen-bond donors (Lipinski definition) is 1. The van der Waals surface area contributed by atoms with E-state index in [-0.39, 0.29) is 5.69 Å². The molecule has 4 rings (SSSR count). The van der Waals surface area contributed by atoms with Gasteiger partial charge in [0.2, 0.25) is 10.0 Å². The van der Waals surface area contributed by atoms with Gasteiger partial charge in [-0.25, -0.2) is 18.1 Å². The van der Waals surface area contributed by atoms with Gasteiger partial charge in [-0.2, -0.15) is 5.26 Å². The zero-order valence-corrected chi connectivity index (χ0v) is 21.1. The van der Waals surface area contributed by atoms with E-state index in [0.29, 0.717) is 27.9 Å². The summed E-state index contributed by atoms with van der Waals surface area (Å²) in [5.74, 6) is 0.605. The summed E-state index contributed by atoms with van der Waals surface area (Å²) in [4.78, 5) is 19.4. The topological polar surface area (TPSA) is 112 Å². The van der Waals surface area contributed by atoms with Gasteiger partial charge >= 0.3 is 0 Å². The molecular weight excluding hydrogens is 496 g/mol. The lowest BCUT2D eigenvalue weighted by atomic mass is 10.1. The van der Waals surface area contributed by atoms with Gasteiger partial charge in [-0.05, 0) is 61.0 Å². The Bertz CT molecular complexity index is 1530. The van der Waals surface area contributed by atoms with Crippen molar-refractivity contribution in [2.24, 2.45) is 0 Å². The van der Waals surface area contributed by atoms with Gasteiger partial charge in [0.05, 0.1) is 24.4 Å². The Balaban J connectivity index is 1.68. The van der Waals surface area contributed by atoms with E-state index >= 15 is 0 Å². The first-order chi connectivity index (χ1) is 17.2. The molecule has 10 heteroatoms. The van der Waals surface area contributed by atoms with E-state index in [0.717, 1.165) is 23.3 Å². The smallest absolute Gasteiger partial charge is 0.284 e. The van der Waals surface area contributed by atoms with E-state index < -0.39 is 15.9 Å². The van der Waals surface area contributed by atoms with Crippen molar-refractivity contribution in [2.75, 3.05) is 11.2 Å². The third kappa shape index (κ3) is 6.27. The van der Waals surface area contributed by atoms with E-state index in [2.05, 4.69) is 11.1 Å². The Hall–Kier alpha value is -4.20. The Morgan fingerprint density at radius 2 is 1.75 bits per heavy atom. The van der Waals surface area contributed by atoms with Crippen LogP contribution in [0.2, 0.25) is 0 Å². The Labute approximate surface area is 213 Å². The molecule has 8 nitrogen and oxygen atoms in total. The number of benzene rings is 3. The van der Waals surface area contributed by atoms with E-state index in [9.17, 15) is 18.5 Å². The standard InChI is InChI=1S/C26H22N4O4S2/c1-18-24(25(31)29-36(2,32)33)28-26(35-18)30(21-13-11-19(16-27)12-14-21)17-20-7-6-10-23(15-20)34-22-8-4-3-5-9-22/h3-15H,17H2,1-2H3,(H,29,31). The van der Waals surface area contributed by atoms with E-state index in [1.807, 2.05) is 64.2 Å². The summed E-state index contributed by atoms with van der Waals surface area (Å²) in [7, 11) is -3.73. The van der Waals surface area contributed by atoms with Gasteiger partial charge < -0.3 is 9.64 Å². The summed E-state index contributed by atoms with van der Waals surface area (Å²) in [5, 5.41) is 9.69. The first-order valence-electron chi connectivity index (χ1n) is 10.8. The number of nitrogens with one attached hydrogen (secondary N) is 1. The third-order valence-electron chi connectivity index (χ3n) is 5.04. The van der Waals surface area contributed by atoms with E-state index in [1.54, 1.807) is 31.2 Å². The van der Waals surface area contributed by atoms with Crippen molar-refractivity contribution in [3.05, 3.63) is 101 Å². The van der Waals surface area contributed by atoms with Crippen LogP contribution >= 0.6 is 11.3 Å². The number of thiazole rings is 1. The van der Waals surface area contributed by atoms with Gasteiger partial charge in [-0.3, -0.25) is 4.79 Å². The highest BCUT2D eigenvalue weighted by Crippen LogP contribution is 2.34. The number of hydrogen-bond acceptors (Lipinski definition) is 8. The number of sulfonamides is 1. The van der Waals surface area contributed by atoms with Crippen LogP contribution < -0.4 is 14.4 Å². The largest absolute Gasteiger partial charge is 0.457 e. The number of rotatable bonds is 8. The van der Waals surface area contributed by atoms with Gasteiger partial charge in [0.15, 0.2) is 5.13 Å². The molecule has 3 aromatic carbocycles. The summed E-state index contributed by atoms with van der Waals surface area (Å²) in [5.41, 5.74) is 2.23. The minimum Gasteiger partial charge on any atom is -0.457 e. The number of nitrogens with zero attached hydrogens (tertiary/aromatic N) is 3. The number of carbonyl (C=O) groups excluding carboxylic acids is 1. The van der Waals surface area contributed by atoms with Crippen LogP contribution in [-0.4, -0.2) is 25.6 Å². The first kappa shape index (κ1) is 24.9. The molecule has 0 saturated carbocycles. The molecule has 1 amide bonds. The predicted octanol–water partition coefficient (Wildman–Crippen LogP) is 5.14. The number of aromatic nitrogens is 1.